The van der Waals surface area contributed by atoms with Gasteiger partial charge < -0.3 is 9.84 Å². The maximum absolute atomic E-state index is 12.0. The minimum atomic E-state index is -0.297. The Hall–Kier alpha value is -1.89. The fraction of sp³-hybridized carbons (Fsp3) is 0.0714. The first-order valence-corrected chi connectivity index (χ1v) is 7.87. The molecule has 0 aliphatic heterocycles. The predicted octanol–water partition coefficient (Wildman–Crippen LogP) is 4.03. The van der Waals surface area contributed by atoms with Crippen molar-refractivity contribution < 1.29 is 9.32 Å². The standard InChI is InChI=1S/C14H9Cl2N3O2S/c15-9-4-3-8(6-10(9)16)14(20)17-7-12-18-13(19-21-12)11-2-1-5-22-11/h1-6H,7H2,(H,17,20). The van der Waals surface area contributed by atoms with E-state index >= 15 is 0 Å². The van der Waals surface area contributed by atoms with Crippen LogP contribution in [0.2, 0.25) is 10.0 Å². The van der Waals surface area contributed by atoms with Crippen molar-refractivity contribution in [1.29, 1.82) is 0 Å². The van der Waals surface area contributed by atoms with E-state index in [-0.39, 0.29) is 12.5 Å². The number of hydrogen-bond acceptors (Lipinski definition) is 5. The molecular weight excluding hydrogens is 345 g/mol. The zero-order chi connectivity index (χ0) is 15.5. The number of halogens is 2. The molecule has 3 aromatic rings. The number of nitrogens with one attached hydrogen (secondary N) is 1. The average Bonchev–Trinajstić information content (AvgIpc) is 3.18. The van der Waals surface area contributed by atoms with Crippen LogP contribution in [0, 0.1) is 0 Å². The van der Waals surface area contributed by atoms with E-state index < -0.39 is 0 Å². The summed E-state index contributed by atoms with van der Waals surface area (Å²) in [5.41, 5.74) is 0.410. The molecule has 0 saturated heterocycles. The van der Waals surface area contributed by atoms with E-state index in [2.05, 4.69) is 15.5 Å². The number of hydrogen-bond donors (Lipinski definition) is 1. The number of carbonyl (C=O) groups is 1. The van der Waals surface area contributed by atoms with Crippen molar-refractivity contribution in [3.8, 4) is 10.7 Å². The summed E-state index contributed by atoms with van der Waals surface area (Å²) >= 11 is 13.2. The molecule has 0 radical (unpaired) electrons. The largest absolute Gasteiger partial charge is 0.343 e. The summed E-state index contributed by atoms with van der Waals surface area (Å²) in [5.74, 6) is 0.542. The lowest BCUT2D eigenvalue weighted by atomic mass is 10.2. The third kappa shape index (κ3) is 3.30. The first-order valence-electron chi connectivity index (χ1n) is 6.23. The molecule has 3 rings (SSSR count). The lowest BCUT2D eigenvalue weighted by Crippen LogP contribution is -2.22. The van der Waals surface area contributed by atoms with Gasteiger partial charge in [-0.15, -0.1) is 11.3 Å². The van der Waals surface area contributed by atoms with Crippen molar-refractivity contribution in [3.05, 3.63) is 57.2 Å². The summed E-state index contributed by atoms with van der Waals surface area (Å²) in [6.07, 6.45) is 0. The maximum atomic E-state index is 12.0. The Morgan fingerprint density at radius 2 is 2.14 bits per heavy atom. The summed E-state index contributed by atoms with van der Waals surface area (Å²) < 4.78 is 5.10. The number of rotatable bonds is 4. The van der Waals surface area contributed by atoms with Gasteiger partial charge in [0.25, 0.3) is 5.91 Å². The van der Waals surface area contributed by atoms with Gasteiger partial charge in [-0.25, -0.2) is 0 Å². The van der Waals surface area contributed by atoms with Crippen molar-refractivity contribution in [2.24, 2.45) is 0 Å². The first kappa shape index (κ1) is 15.0. The Morgan fingerprint density at radius 3 is 2.86 bits per heavy atom. The molecule has 0 aliphatic carbocycles. The van der Waals surface area contributed by atoms with Gasteiger partial charge in [-0.2, -0.15) is 4.98 Å². The van der Waals surface area contributed by atoms with Gasteiger partial charge in [0.2, 0.25) is 11.7 Å². The summed E-state index contributed by atoms with van der Waals surface area (Å²) in [4.78, 5) is 17.1. The fourth-order valence-corrected chi connectivity index (χ4v) is 2.68. The van der Waals surface area contributed by atoms with Gasteiger partial charge in [0.15, 0.2) is 0 Å². The third-order valence-electron chi connectivity index (χ3n) is 2.79. The lowest BCUT2D eigenvalue weighted by molar-refractivity contribution is 0.0946. The highest BCUT2D eigenvalue weighted by atomic mass is 35.5. The Morgan fingerprint density at radius 1 is 1.27 bits per heavy atom. The molecular formula is C14H9Cl2N3O2S. The molecule has 0 atom stereocenters. The summed E-state index contributed by atoms with van der Waals surface area (Å²) in [6.45, 7) is 0.136. The summed E-state index contributed by atoms with van der Waals surface area (Å²) in [6, 6.07) is 8.47. The van der Waals surface area contributed by atoms with Gasteiger partial charge in [0.05, 0.1) is 21.5 Å². The van der Waals surface area contributed by atoms with Gasteiger partial charge in [0.1, 0.15) is 0 Å². The molecule has 0 aliphatic rings. The molecule has 112 valence electrons. The third-order valence-corrected chi connectivity index (χ3v) is 4.40. The number of carbonyl (C=O) groups excluding carboxylic acids is 1. The number of nitrogens with zero attached hydrogens (tertiary/aromatic N) is 2. The van der Waals surface area contributed by atoms with Crippen molar-refractivity contribution in [3.63, 3.8) is 0 Å². The van der Waals surface area contributed by atoms with Crippen molar-refractivity contribution >= 4 is 40.4 Å². The average molecular weight is 354 g/mol. The van der Waals surface area contributed by atoms with Crippen molar-refractivity contribution in [2.75, 3.05) is 0 Å². The van der Waals surface area contributed by atoms with Crippen LogP contribution in [0.25, 0.3) is 10.7 Å². The van der Waals surface area contributed by atoms with Crippen molar-refractivity contribution in [2.45, 2.75) is 6.54 Å². The van der Waals surface area contributed by atoms with E-state index in [1.54, 1.807) is 12.1 Å². The molecule has 1 N–H and O–H groups in total. The smallest absolute Gasteiger partial charge is 0.251 e. The highest BCUT2D eigenvalue weighted by Gasteiger charge is 2.12. The molecule has 0 bridgehead atoms. The van der Waals surface area contributed by atoms with Crippen LogP contribution in [0.3, 0.4) is 0 Å². The van der Waals surface area contributed by atoms with E-state index in [4.69, 9.17) is 27.7 Å². The normalized spacial score (nSPS) is 10.6. The highest BCUT2D eigenvalue weighted by molar-refractivity contribution is 7.13. The molecule has 0 unspecified atom stereocenters. The molecule has 22 heavy (non-hydrogen) atoms. The van der Waals surface area contributed by atoms with Crippen LogP contribution in [0.5, 0.6) is 0 Å². The predicted molar refractivity (Wildman–Crippen MR) is 85.2 cm³/mol. The molecule has 5 nitrogen and oxygen atoms in total. The molecule has 0 fully saturated rings. The summed E-state index contributed by atoms with van der Waals surface area (Å²) in [5, 5.41) is 9.21. The molecule has 0 spiro atoms. The van der Waals surface area contributed by atoms with Crippen LogP contribution >= 0.6 is 34.5 Å². The monoisotopic (exact) mass is 353 g/mol. The van der Waals surface area contributed by atoms with Gasteiger partial charge in [-0.05, 0) is 29.6 Å². The Labute approximate surface area is 139 Å². The minimum absolute atomic E-state index is 0.136. The van der Waals surface area contributed by atoms with Gasteiger partial charge in [0, 0.05) is 5.56 Å². The zero-order valence-corrected chi connectivity index (χ0v) is 13.4. The number of benzene rings is 1. The second-order valence-corrected chi connectivity index (χ2v) is 6.06. The topological polar surface area (TPSA) is 68.0 Å². The van der Waals surface area contributed by atoms with E-state index in [1.807, 2.05) is 17.5 Å². The second-order valence-electron chi connectivity index (χ2n) is 4.30. The lowest BCUT2D eigenvalue weighted by Gasteiger charge is -2.03. The van der Waals surface area contributed by atoms with Crippen LogP contribution in [0.15, 0.2) is 40.2 Å². The number of aromatic nitrogens is 2. The van der Waals surface area contributed by atoms with Gasteiger partial charge >= 0.3 is 0 Å². The Balaban J connectivity index is 1.65. The van der Waals surface area contributed by atoms with Crippen LogP contribution in [0.4, 0.5) is 0 Å². The molecule has 8 heteroatoms. The quantitative estimate of drug-likeness (QED) is 0.768. The highest BCUT2D eigenvalue weighted by Crippen LogP contribution is 2.23. The second kappa shape index (κ2) is 6.48. The van der Waals surface area contributed by atoms with Crippen molar-refractivity contribution in [1.82, 2.24) is 15.5 Å². The Bertz CT molecular complexity index is 802. The zero-order valence-electron chi connectivity index (χ0n) is 11.0. The van der Waals surface area contributed by atoms with E-state index in [0.29, 0.717) is 27.3 Å². The Kier molecular flexibility index (Phi) is 4.42. The van der Waals surface area contributed by atoms with E-state index in [0.717, 1.165) is 4.88 Å². The van der Waals surface area contributed by atoms with E-state index in [9.17, 15) is 4.79 Å². The molecule has 1 aromatic carbocycles. The van der Waals surface area contributed by atoms with Crippen LogP contribution in [-0.4, -0.2) is 16.0 Å². The minimum Gasteiger partial charge on any atom is -0.343 e. The van der Waals surface area contributed by atoms with E-state index in [1.165, 1.54) is 17.4 Å². The SMILES string of the molecule is O=C(NCc1nc(-c2cccs2)no1)c1ccc(Cl)c(Cl)c1. The van der Waals surface area contributed by atoms with Gasteiger partial charge in [-0.1, -0.05) is 34.4 Å². The maximum Gasteiger partial charge on any atom is 0.251 e. The fourth-order valence-electron chi connectivity index (χ4n) is 1.73. The van der Waals surface area contributed by atoms with Gasteiger partial charge in [-0.3, -0.25) is 4.79 Å². The molecule has 0 saturated carbocycles. The van der Waals surface area contributed by atoms with Crippen LogP contribution in [-0.2, 0) is 6.54 Å². The molecule has 2 heterocycles. The number of amides is 1. The number of thiophene rings is 1. The molecule has 1 amide bonds. The first-order chi connectivity index (χ1) is 10.6. The molecule has 2 aromatic heterocycles. The summed E-state index contributed by atoms with van der Waals surface area (Å²) in [7, 11) is 0. The van der Waals surface area contributed by atoms with Crippen LogP contribution in [0.1, 0.15) is 16.2 Å². The van der Waals surface area contributed by atoms with Crippen LogP contribution < -0.4 is 5.32 Å².